The molecule has 0 fully saturated rings. The van der Waals surface area contributed by atoms with Crippen molar-refractivity contribution in [3.05, 3.63) is 42.7 Å². The number of sulfonamides is 1. The minimum Gasteiger partial charge on any atom is -0.338 e. The van der Waals surface area contributed by atoms with Crippen LogP contribution in [0.15, 0.2) is 47.6 Å². The van der Waals surface area contributed by atoms with E-state index in [0.29, 0.717) is 12.2 Å². The van der Waals surface area contributed by atoms with Gasteiger partial charge in [0.15, 0.2) is 0 Å². The molecule has 0 bridgehead atoms. The summed E-state index contributed by atoms with van der Waals surface area (Å²) in [5, 5.41) is 5.16. The second-order valence-corrected chi connectivity index (χ2v) is 5.87. The number of nitrogens with one attached hydrogen (secondary N) is 3. The van der Waals surface area contributed by atoms with Gasteiger partial charge in [0.1, 0.15) is 0 Å². The Morgan fingerprint density at radius 2 is 1.77 bits per heavy atom. The van der Waals surface area contributed by atoms with Crippen LogP contribution in [0.5, 0.6) is 0 Å². The molecule has 3 N–H and O–H groups in total. The molecule has 8 nitrogen and oxygen atoms in total. The molecular weight excluding hydrogens is 306 g/mol. The van der Waals surface area contributed by atoms with Crippen LogP contribution in [-0.2, 0) is 10.0 Å². The highest BCUT2D eigenvalue weighted by atomic mass is 32.2. The summed E-state index contributed by atoms with van der Waals surface area (Å²) in [4.78, 5) is 19.0. The molecule has 0 aliphatic carbocycles. The highest BCUT2D eigenvalue weighted by Gasteiger charge is 2.15. The fourth-order valence-electron chi connectivity index (χ4n) is 1.58. The van der Waals surface area contributed by atoms with E-state index in [0.717, 1.165) is 0 Å². The Morgan fingerprint density at radius 1 is 1.14 bits per heavy atom. The zero-order chi connectivity index (χ0) is 16.0. The number of aromatic nitrogens is 2. The lowest BCUT2D eigenvalue weighted by Gasteiger charge is -2.08. The standard InChI is InChI=1S/C13H15N5O3S/c1-2-14-13(19)17-10-4-6-11(7-5-10)22(20,21)18-12-15-8-3-9-16-12/h3-9H,2H2,1H3,(H2,14,17,19)(H,15,16,18). The number of hydrogen-bond donors (Lipinski definition) is 3. The summed E-state index contributed by atoms with van der Waals surface area (Å²) in [7, 11) is -3.77. The molecule has 1 aromatic carbocycles. The minimum absolute atomic E-state index is 0.00738. The van der Waals surface area contributed by atoms with Crippen LogP contribution in [0.25, 0.3) is 0 Å². The van der Waals surface area contributed by atoms with Gasteiger partial charge < -0.3 is 10.6 Å². The molecule has 116 valence electrons. The van der Waals surface area contributed by atoms with Crippen LogP contribution in [0.3, 0.4) is 0 Å². The summed E-state index contributed by atoms with van der Waals surface area (Å²) in [6.07, 6.45) is 2.87. The molecule has 1 heterocycles. The summed E-state index contributed by atoms with van der Waals surface area (Å²) in [5.74, 6) is -0.00738. The van der Waals surface area contributed by atoms with Gasteiger partial charge in [-0.25, -0.2) is 27.9 Å². The van der Waals surface area contributed by atoms with Crippen LogP contribution >= 0.6 is 0 Å². The lowest BCUT2D eigenvalue weighted by atomic mass is 10.3. The number of amides is 2. The van der Waals surface area contributed by atoms with Gasteiger partial charge in [0, 0.05) is 24.6 Å². The average Bonchev–Trinajstić information content (AvgIpc) is 2.48. The fourth-order valence-corrected chi connectivity index (χ4v) is 2.54. The molecule has 2 aromatic rings. The number of carbonyl (C=O) groups excluding carboxylic acids is 1. The van der Waals surface area contributed by atoms with Gasteiger partial charge in [-0.15, -0.1) is 0 Å². The third kappa shape index (κ3) is 4.16. The Morgan fingerprint density at radius 3 is 2.36 bits per heavy atom. The van der Waals surface area contributed by atoms with E-state index in [4.69, 9.17) is 0 Å². The van der Waals surface area contributed by atoms with E-state index in [1.807, 2.05) is 0 Å². The number of hydrogen-bond acceptors (Lipinski definition) is 5. The number of nitrogens with zero attached hydrogens (tertiary/aromatic N) is 2. The lowest BCUT2D eigenvalue weighted by molar-refractivity contribution is 0.252. The number of carbonyl (C=O) groups is 1. The molecule has 0 aliphatic rings. The maximum absolute atomic E-state index is 12.1. The zero-order valence-electron chi connectivity index (χ0n) is 11.8. The second-order valence-electron chi connectivity index (χ2n) is 4.19. The Labute approximate surface area is 128 Å². The highest BCUT2D eigenvalue weighted by Crippen LogP contribution is 2.16. The van der Waals surface area contributed by atoms with Crippen molar-refractivity contribution in [3.63, 3.8) is 0 Å². The number of urea groups is 1. The average molecular weight is 321 g/mol. The van der Waals surface area contributed by atoms with Gasteiger partial charge in [0.25, 0.3) is 10.0 Å². The summed E-state index contributed by atoms with van der Waals surface area (Å²) in [6, 6.07) is 6.99. The molecule has 0 unspecified atom stereocenters. The third-order valence-corrected chi connectivity index (χ3v) is 3.90. The Hall–Kier alpha value is -2.68. The van der Waals surface area contributed by atoms with E-state index in [-0.39, 0.29) is 16.9 Å². The minimum atomic E-state index is -3.77. The monoisotopic (exact) mass is 321 g/mol. The summed E-state index contributed by atoms with van der Waals surface area (Å²) >= 11 is 0. The quantitative estimate of drug-likeness (QED) is 0.771. The molecule has 1 aromatic heterocycles. The first-order chi connectivity index (χ1) is 10.5. The first-order valence-electron chi connectivity index (χ1n) is 6.46. The lowest BCUT2D eigenvalue weighted by Crippen LogP contribution is -2.28. The summed E-state index contributed by atoms with van der Waals surface area (Å²) in [6.45, 7) is 2.30. The Kier molecular flexibility index (Phi) is 4.89. The SMILES string of the molecule is CCNC(=O)Nc1ccc(S(=O)(=O)Nc2ncccn2)cc1. The largest absolute Gasteiger partial charge is 0.338 e. The molecule has 2 rings (SSSR count). The molecule has 0 saturated heterocycles. The van der Waals surface area contributed by atoms with Crippen molar-refractivity contribution in [2.45, 2.75) is 11.8 Å². The van der Waals surface area contributed by atoms with Gasteiger partial charge >= 0.3 is 6.03 Å². The molecule has 0 saturated carbocycles. The normalized spacial score (nSPS) is 10.8. The molecule has 22 heavy (non-hydrogen) atoms. The maximum Gasteiger partial charge on any atom is 0.319 e. The van der Waals surface area contributed by atoms with Gasteiger partial charge in [-0.1, -0.05) is 0 Å². The molecule has 9 heteroatoms. The van der Waals surface area contributed by atoms with Crippen molar-refractivity contribution in [1.29, 1.82) is 0 Å². The molecule has 0 aliphatic heterocycles. The topological polar surface area (TPSA) is 113 Å². The van der Waals surface area contributed by atoms with Crippen LogP contribution in [0.2, 0.25) is 0 Å². The van der Waals surface area contributed by atoms with Crippen LogP contribution < -0.4 is 15.4 Å². The van der Waals surface area contributed by atoms with Crippen molar-refractivity contribution in [3.8, 4) is 0 Å². The van der Waals surface area contributed by atoms with Crippen molar-refractivity contribution >= 4 is 27.7 Å². The van der Waals surface area contributed by atoms with Crippen molar-refractivity contribution in [2.75, 3.05) is 16.6 Å². The van der Waals surface area contributed by atoms with Crippen molar-refractivity contribution < 1.29 is 13.2 Å². The smallest absolute Gasteiger partial charge is 0.319 e. The Balaban J connectivity index is 2.10. The first-order valence-corrected chi connectivity index (χ1v) is 7.94. The predicted molar refractivity (Wildman–Crippen MR) is 82.0 cm³/mol. The van der Waals surface area contributed by atoms with Crippen LogP contribution in [-0.4, -0.2) is 31.0 Å². The van der Waals surface area contributed by atoms with E-state index in [1.165, 1.54) is 36.7 Å². The van der Waals surface area contributed by atoms with Crippen LogP contribution in [0.1, 0.15) is 6.92 Å². The first kappa shape index (κ1) is 15.7. The van der Waals surface area contributed by atoms with Crippen LogP contribution in [0, 0.1) is 0 Å². The van der Waals surface area contributed by atoms with Gasteiger partial charge in [0.05, 0.1) is 4.90 Å². The molecule has 0 atom stereocenters. The molecule has 2 amide bonds. The van der Waals surface area contributed by atoms with Crippen molar-refractivity contribution in [2.24, 2.45) is 0 Å². The van der Waals surface area contributed by atoms with Gasteiger partial charge in [0.2, 0.25) is 5.95 Å². The van der Waals surface area contributed by atoms with E-state index in [9.17, 15) is 13.2 Å². The molecular formula is C13H15N5O3S. The summed E-state index contributed by atoms with van der Waals surface area (Å²) in [5.41, 5.74) is 0.487. The maximum atomic E-state index is 12.1. The number of rotatable bonds is 5. The second kappa shape index (κ2) is 6.85. The summed E-state index contributed by atoms with van der Waals surface area (Å²) < 4.78 is 26.6. The van der Waals surface area contributed by atoms with Crippen molar-refractivity contribution in [1.82, 2.24) is 15.3 Å². The molecule has 0 spiro atoms. The predicted octanol–water partition coefficient (Wildman–Crippen LogP) is 1.42. The van der Waals surface area contributed by atoms with E-state index >= 15 is 0 Å². The van der Waals surface area contributed by atoms with Gasteiger partial charge in [-0.05, 0) is 37.3 Å². The van der Waals surface area contributed by atoms with Crippen LogP contribution in [0.4, 0.5) is 16.4 Å². The van der Waals surface area contributed by atoms with E-state index in [1.54, 1.807) is 13.0 Å². The third-order valence-electron chi connectivity index (χ3n) is 2.55. The highest BCUT2D eigenvalue weighted by molar-refractivity contribution is 7.92. The van der Waals surface area contributed by atoms with E-state index in [2.05, 4.69) is 25.3 Å². The molecule has 0 radical (unpaired) electrons. The van der Waals surface area contributed by atoms with Gasteiger partial charge in [-0.3, -0.25) is 0 Å². The zero-order valence-corrected chi connectivity index (χ0v) is 12.6. The fraction of sp³-hybridized carbons (Fsp3) is 0.154. The number of anilines is 2. The van der Waals surface area contributed by atoms with E-state index < -0.39 is 10.0 Å². The van der Waals surface area contributed by atoms with Gasteiger partial charge in [-0.2, -0.15) is 0 Å². The Bertz CT molecular complexity index is 732. The number of benzene rings is 1.